The highest BCUT2D eigenvalue weighted by Crippen LogP contribution is 2.42. The molecule has 1 heterocycles. The van der Waals surface area contributed by atoms with Crippen LogP contribution in [0.25, 0.3) is 0 Å². The molecule has 0 atom stereocenters. The maximum atomic E-state index is 10.8. The summed E-state index contributed by atoms with van der Waals surface area (Å²) in [6.07, 6.45) is 4.08. The van der Waals surface area contributed by atoms with Gasteiger partial charge in [0.1, 0.15) is 11.5 Å². The smallest absolute Gasteiger partial charge is 0.269 e. The standard InChI is InChI=1S/C23H29N3O4/c1-4-5-6-15-30-23-21(29-3)12-9-19-16-25(17(2)24-22(19)23)14-13-18-7-10-20(11-8-18)26(27)28/h7-12H,4-6,13-16H2,1-3H3. The van der Waals surface area contributed by atoms with E-state index in [1.54, 1.807) is 19.2 Å². The Morgan fingerprint density at radius 2 is 1.93 bits per heavy atom. The van der Waals surface area contributed by atoms with E-state index in [9.17, 15) is 10.1 Å². The molecule has 0 amide bonds. The van der Waals surface area contributed by atoms with Crippen LogP contribution in [0.4, 0.5) is 11.4 Å². The molecule has 2 aromatic rings. The summed E-state index contributed by atoms with van der Waals surface area (Å²) < 4.78 is 11.6. The van der Waals surface area contributed by atoms with E-state index < -0.39 is 0 Å². The van der Waals surface area contributed by atoms with Crippen molar-refractivity contribution in [2.45, 2.75) is 46.1 Å². The summed E-state index contributed by atoms with van der Waals surface area (Å²) in [4.78, 5) is 17.5. The first-order chi connectivity index (χ1) is 14.5. The van der Waals surface area contributed by atoms with Crippen molar-refractivity contribution in [2.75, 3.05) is 20.3 Å². The van der Waals surface area contributed by atoms with Crippen LogP contribution in [0.2, 0.25) is 0 Å². The highest BCUT2D eigenvalue weighted by molar-refractivity contribution is 5.87. The number of amidine groups is 1. The Balaban J connectivity index is 1.71. The van der Waals surface area contributed by atoms with Gasteiger partial charge in [-0.1, -0.05) is 38.0 Å². The number of nitro benzene ring substituents is 1. The van der Waals surface area contributed by atoms with Crippen LogP contribution in [-0.4, -0.2) is 35.9 Å². The molecule has 0 aliphatic carbocycles. The summed E-state index contributed by atoms with van der Waals surface area (Å²) in [6, 6.07) is 10.7. The molecule has 3 rings (SSSR count). The lowest BCUT2D eigenvalue weighted by molar-refractivity contribution is -0.384. The number of benzene rings is 2. The number of unbranched alkanes of at least 4 members (excludes halogenated alkanes) is 2. The van der Waals surface area contributed by atoms with Gasteiger partial charge in [0.2, 0.25) is 0 Å². The fraction of sp³-hybridized carbons (Fsp3) is 0.435. The molecule has 0 fully saturated rings. The maximum Gasteiger partial charge on any atom is 0.269 e. The summed E-state index contributed by atoms with van der Waals surface area (Å²) in [5.41, 5.74) is 3.14. The summed E-state index contributed by atoms with van der Waals surface area (Å²) in [5, 5.41) is 10.8. The van der Waals surface area contributed by atoms with Crippen LogP contribution in [-0.2, 0) is 13.0 Å². The minimum absolute atomic E-state index is 0.115. The van der Waals surface area contributed by atoms with Gasteiger partial charge >= 0.3 is 0 Å². The van der Waals surface area contributed by atoms with Gasteiger partial charge in [-0.3, -0.25) is 10.1 Å². The molecule has 0 bridgehead atoms. The molecular weight excluding hydrogens is 382 g/mol. The Morgan fingerprint density at radius 3 is 2.60 bits per heavy atom. The first-order valence-electron chi connectivity index (χ1n) is 10.4. The lowest BCUT2D eigenvalue weighted by Crippen LogP contribution is -2.32. The third-order valence-corrected chi connectivity index (χ3v) is 5.30. The van der Waals surface area contributed by atoms with Crippen molar-refractivity contribution in [1.29, 1.82) is 0 Å². The predicted octanol–water partition coefficient (Wildman–Crippen LogP) is 5.28. The Morgan fingerprint density at radius 1 is 1.17 bits per heavy atom. The number of aliphatic imine (C=N–C) groups is 1. The molecule has 0 saturated heterocycles. The highest BCUT2D eigenvalue weighted by Gasteiger charge is 2.22. The fourth-order valence-electron chi connectivity index (χ4n) is 3.51. The van der Waals surface area contributed by atoms with Gasteiger partial charge < -0.3 is 14.4 Å². The Labute approximate surface area is 177 Å². The monoisotopic (exact) mass is 411 g/mol. The van der Waals surface area contributed by atoms with E-state index in [1.807, 2.05) is 31.2 Å². The third-order valence-electron chi connectivity index (χ3n) is 5.30. The van der Waals surface area contributed by atoms with Crippen LogP contribution in [0.3, 0.4) is 0 Å². The second kappa shape index (κ2) is 10.1. The normalized spacial score (nSPS) is 12.9. The van der Waals surface area contributed by atoms with E-state index in [1.165, 1.54) is 0 Å². The zero-order valence-electron chi connectivity index (χ0n) is 17.9. The number of non-ortho nitro benzene ring substituents is 1. The van der Waals surface area contributed by atoms with Gasteiger partial charge in [-0.05, 0) is 31.4 Å². The maximum absolute atomic E-state index is 10.8. The molecule has 1 aliphatic heterocycles. The molecule has 0 unspecified atom stereocenters. The van der Waals surface area contributed by atoms with Crippen molar-refractivity contribution in [3.63, 3.8) is 0 Å². The summed E-state index contributed by atoms with van der Waals surface area (Å²) in [7, 11) is 1.65. The minimum atomic E-state index is -0.377. The number of fused-ring (bicyclic) bond motifs is 1. The number of rotatable bonds is 10. The largest absolute Gasteiger partial charge is 0.493 e. The average Bonchev–Trinajstić information content (AvgIpc) is 2.75. The number of nitrogens with zero attached hydrogens (tertiary/aromatic N) is 3. The lowest BCUT2D eigenvalue weighted by Gasteiger charge is -2.30. The number of hydrogen-bond donors (Lipinski definition) is 0. The van der Waals surface area contributed by atoms with Gasteiger partial charge in [0.15, 0.2) is 11.5 Å². The summed E-state index contributed by atoms with van der Waals surface area (Å²) in [5.74, 6) is 2.36. The predicted molar refractivity (Wildman–Crippen MR) is 118 cm³/mol. The van der Waals surface area contributed by atoms with Crippen molar-refractivity contribution in [3.05, 3.63) is 57.6 Å². The molecule has 0 spiro atoms. The lowest BCUT2D eigenvalue weighted by atomic mass is 10.1. The molecular formula is C23H29N3O4. The van der Waals surface area contributed by atoms with Crippen LogP contribution in [0.5, 0.6) is 11.5 Å². The van der Waals surface area contributed by atoms with Gasteiger partial charge in [-0.25, -0.2) is 4.99 Å². The number of hydrogen-bond acceptors (Lipinski definition) is 6. The van der Waals surface area contributed by atoms with E-state index in [4.69, 9.17) is 14.5 Å². The van der Waals surface area contributed by atoms with Crippen molar-refractivity contribution in [3.8, 4) is 11.5 Å². The van der Waals surface area contributed by atoms with Crippen LogP contribution in [0.15, 0.2) is 41.4 Å². The molecule has 2 aromatic carbocycles. The Bertz CT molecular complexity index is 909. The molecule has 160 valence electrons. The van der Waals surface area contributed by atoms with Crippen LogP contribution in [0.1, 0.15) is 44.2 Å². The third kappa shape index (κ3) is 5.09. The average molecular weight is 412 g/mol. The molecule has 0 saturated carbocycles. The molecule has 0 aromatic heterocycles. The van der Waals surface area contributed by atoms with Crippen LogP contribution in [0, 0.1) is 10.1 Å². The summed E-state index contributed by atoms with van der Waals surface area (Å²) in [6.45, 7) is 6.35. The van der Waals surface area contributed by atoms with E-state index >= 15 is 0 Å². The number of nitro groups is 1. The topological polar surface area (TPSA) is 77.2 Å². The highest BCUT2D eigenvalue weighted by atomic mass is 16.6. The second-order valence-corrected chi connectivity index (χ2v) is 7.41. The van der Waals surface area contributed by atoms with Gasteiger partial charge in [-0.2, -0.15) is 0 Å². The molecule has 7 nitrogen and oxygen atoms in total. The van der Waals surface area contributed by atoms with E-state index in [2.05, 4.69) is 11.8 Å². The van der Waals surface area contributed by atoms with Gasteiger partial charge in [0, 0.05) is 30.8 Å². The molecule has 0 radical (unpaired) electrons. The molecule has 7 heteroatoms. The van der Waals surface area contributed by atoms with E-state index in [0.29, 0.717) is 12.4 Å². The second-order valence-electron chi connectivity index (χ2n) is 7.41. The fourth-order valence-corrected chi connectivity index (χ4v) is 3.51. The Hall–Kier alpha value is -3.09. The van der Waals surface area contributed by atoms with Crippen LogP contribution >= 0.6 is 0 Å². The van der Waals surface area contributed by atoms with E-state index in [-0.39, 0.29) is 10.6 Å². The van der Waals surface area contributed by atoms with Gasteiger partial charge in [-0.15, -0.1) is 0 Å². The van der Waals surface area contributed by atoms with Gasteiger partial charge in [0.25, 0.3) is 5.69 Å². The zero-order valence-corrected chi connectivity index (χ0v) is 17.9. The SMILES string of the molecule is CCCCCOc1c(OC)ccc2c1N=C(C)N(CCc1ccc([N+](=O)[O-])cc1)C2. The molecule has 0 N–H and O–H groups in total. The zero-order chi connectivity index (χ0) is 21.5. The number of methoxy groups -OCH3 is 1. The molecule has 30 heavy (non-hydrogen) atoms. The first-order valence-corrected chi connectivity index (χ1v) is 10.4. The Kier molecular flexibility index (Phi) is 7.27. The van der Waals surface area contributed by atoms with E-state index in [0.717, 1.165) is 67.2 Å². The number of ether oxygens (including phenoxy) is 2. The summed E-state index contributed by atoms with van der Waals surface area (Å²) >= 11 is 0. The minimum Gasteiger partial charge on any atom is -0.493 e. The van der Waals surface area contributed by atoms with Crippen molar-refractivity contribution in [1.82, 2.24) is 4.90 Å². The van der Waals surface area contributed by atoms with Crippen LogP contribution < -0.4 is 9.47 Å². The van der Waals surface area contributed by atoms with Crippen molar-refractivity contribution < 1.29 is 14.4 Å². The first kappa shape index (κ1) is 21.6. The quantitative estimate of drug-likeness (QED) is 0.302. The molecule has 1 aliphatic rings. The van der Waals surface area contributed by atoms with Gasteiger partial charge in [0.05, 0.1) is 18.6 Å². The van der Waals surface area contributed by atoms with Crippen molar-refractivity contribution >= 4 is 17.2 Å². The van der Waals surface area contributed by atoms with Crippen molar-refractivity contribution in [2.24, 2.45) is 4.99 Å².